The van der Waals surface area contributed by atoms with Crippen LogP contribution in [0.2, 0.25) is 58.9 Å². The fourth-order valence-electron chi connectivity index (χ4n) is 1.55. The Labute approximate surface area is 106 Å². The summed E-state index contributed by atoms with van der Waals surface area (Å²) < 4.78 is 18.5. The monoisotopic (exact) mass is 295 g/mol. The van der Waals surface area contributed by atoms with Crippen LogP contribution in [-0.4, -0.2) is 34.5 Å². The summed E-state index contributed by atoms with van der Waals surface area (Å²) in [5, 5.41) is 0. The van der Waals surface area contributed by atoms with Gasteiger partial charge in [-0.1, -0.05) is 0 Å². The van der Waals surface area contributed by atoms with Crippen molar-refractivity contribution in [2.75, 3.05) is 0 Å². The molecule has 1 radical (unpaired) electrons. The van der Waals surface area contributed by atoms with Crippen LogP contribution in [0.4, 0.5) is 0 Å². The summed E-state index contributed by atoms with van der Waals surface area (Å²) in [6, 6.07) is 0. The van der Waals surface area contributed by atoms with Gasteiger partial charge < -0.3 is 12.3 Å². The quantitative estimate of drug-likeness (QED) is 0.702. The lowest BCUT2D eigenvalue weighted by Crippen LogP contribution is -2.56. The predicted molar refractivity (Wildman–Crippen MR) is 79.0 cm³/mol. The molecule has 0 aliphatic rings. The van der Waals surface area contributed by atoms with E-state index in [1.807, 2.05) is 0 Å². The van der Waals surface area contributed by atoms with Gasteiger partial charge in [0, 0.05) is 6.55 Å². The fraction of sp³-hybridized carbons (Fsp3) is 1.00. The second-order valence-corrected chi connectivity index (χ2v) is 20.7. The molecule has 7 heteroatoms. The minimum atomic E-state index is -2.41. The molecule has 0 rings (SSSR count). The summed E-state index contributed by atoms with van der Waals surface area (Å²) in [5.41, 5.74) is 0. The van der Waals surface area contributed by atoms with Crippen LogP contribution in [0, 0.1) is 0 Å². The molecule has 0 bridgehead atoms. The lowest BCUT2D eigenvalue weighted by atomic mass is 11.8. The summed E-state index contributed by atoms with van der Waals surface area (Å²) in [6.45, 7) is 19.5. The van der Waals surface area contributed by atoms with Crippen LogP contribution in [0.5, 0.6) is 0 Å². The fourth-order valence-corrected chi connectivity index (χ4v) is 15.0. The maximum atomic E-state index is 6.21. The van der Waals surface area contributed by atoms with Gasteiger partial charge in [-0.15, -0.1) is 0 Å². The van der Waals surface area contributed by atoms with Crippen LogP contribution in [0.25, 0.3) is 0 Å². The van der Waals surface area contributed by atoms with E-state index in [-0.39, 0.29) is 0 Å². The van der Waals surface area contributed by atoms with Gasteiger partial charge in [-0.05, 0) is 52.4 Å². The molecule has 3 nitrogen and oxygen atoms in total. The van der Waals surface area contributed by atoms with Crippen molar-refractivity contribution in [3.8, 4) is 0 Å². The van der Waals surface area contributed by atoms with E-state index in [0.29, 0.717) is 0 Å². The number of rotatable bonds is 6. The van der Waals surface area contributed by atoms with Crippen LogP contribution in [0.1, 0.15) is 0 Å². The summed E-state index contributed by atoms with van der Waals surface area (Å²) in [7, 11) is -6.41. The zero-order chi connectivity index (χ0) is 13.2. The second kappa shape index (κ2) is 5.59. The van der Waals surface area contributed by atoms with E-state index in [1.165, 1.54) is 0 Å². The van der Waals surface area contributed by atoms with E-state index >= 15 is 0 Å². The third-order valence-electron chi connectivity index (χ3n) is 1.37. The molecule has 0 saturated heterocycles. The molecule has 0 spiro atoms. The zero-order valence-electron chi connectivity index (χ0n) is 12.2. The summed E-state index contributed by atoms with van der Waals surface area (Å²) in [6.07, 6.45) is 0. The highest BCUT2D eigenvalue weighted by atomic mass is 28.5. The van der Waals surface area contributed by atoms with Crippen molar-refractivity contribution in [3.63, 3.8) is 0 Å². The topological polar surface area (TPSA) is 27.7 Å². The van der Waals surface area contributed by atoms with E-state index < -0.39 is 34.5 Å². The largest absolute Gasteiger partial charge is 0.466 e. The highest BCUT2D eigenvalue weighted by molar-refractivity contribution is 6.87. The van der Waals surface area contributed by atoms with Crippen molar-refractivity contribution >= 4 is 34.5 Å². The molecule has 0 amide bonds. The molecule has 0 aromatic carbocycles. The molecule has 97 valence electrons. The van der Waals surface area contributed by atoms with Crippen molar-refractivity contribution in [2.24, 2.45) is 0 Å². The van der Waals surface area contributed by atoms with Crippen LogP contribution in [0.15, 0.2) is 0 Å². The normalized spacial score (nSPS) is 14.6. The molecular weight excluding hydrogens is 268 g/mol. The van der Waals surface area contributed by atoms with Gasteiger partial charge in [-0.2, -0.15) is 0 Å². The van der Waals surface area contributed by atoms with Gasteiger partial charge in [0.2, 0.25) is 0 Å². The van der Waals surface area contributed by atoms with Gasteiger partial charge in [-0.3, -0.25) is 0 Å². The lowest BCUT2D eigenvalue weighted by molar-refractivity contribution is 0.268. The Morgan fingerprint density at radius 2 is 1.00 bits per heavy atom. The maximum Gasteiger partial charge on any atom is 0.466 e. The Hall–Kier alpha value is 0.748. The van der Waals surface area contributed by atoms with Crippen LogP contribution in [-0.2, 0) is 12.3 Å². The Kier molecular flexibility index (Phi) is 5.85. The van der Waals surface area contributed by atoms with Crippen molar-refractivity contribution in [1.29, 1.82) is 0 Å². The maximum absolute atomic E-state index is 6.21. The highest BCUT2D eigenvalue weighted by Gasteiger charge is 2.43. The van der Waals surface area contributed by atoms with Crippen molar-refractivity contribution < 1.29 is 12.3 Å². The molecule has 0 heterocycles. The Morgan fingerprint density at radius 1 is 0.688 bits per heavy atom. The Bertz CT molecular complexity index is 204. The average Bonchev–Trinajstić information content (AvgIpc) is 1.69. The van der Waals surface area contributed by atoms with Crippen molar-refractivity contribution in [2.45, 2.75) is 58.9 Å². The van der Waals surface area contributed by atoms with Crippen molar-refractivity contribution in [3.05, 3.63) is 0 Å². The summed E-state index contributed by atoms with van der Waals surface area (Å²) in [5.74, 6) is 0. The van der Waals surface area contributed by atoms with Gasteiger partial charge in [0.25, 0.3) is 0 Å². The first-order valence-electron chi connectivity index (χ1n) is 5.72. The van der Waals surface area contributed by atoms with E-state index in [2.05, 4.69) is 58.9 Å². The summed E-state index contributed by atoms with van der Waals surface area (Å²) in [4.78, 5) is 0. The smallest absolute Gasteiger partial charge is 0.417 e. The van der Waals surface area contributed by atoms with E-state index in [1.54, 1.807) is 0 Å². The molecular formula is C9H27O3Si4. The SMILES string of the molecule is C[Si](C)O[Si](C)(O[Si](C)(C)C)O[Si](C)(C)C. The molecule has 0 atom stereocenters. The predicted octanol–water partition coefficient (Wildman–Crippen LogP) is 3.53. The lowest BCUT2D eigenvalue weighted by Gasteiger charge is -2.38. The summed E-state index contributed by atoms with van der Waals surface area (Å²) >= 11 is 0. The molecule has 0 aliphatic carbocycles. The number of hydrogen-bond acceptors (Lipinski definition) is 3. The molecule has 0 fully saturated rings. The van der Waals surface area contributed by atoms with Crippen LogP contribution in [0.3, 0.4) is 0 Å². The van der Waals surface area contributed by atoms with E-state index in [0.717, 1.165) is 0 Å². The minimum Gasteiger partial charge on any atom is -0.417 e. The molecule has 0 N–H and O–H groups in total. The second-order valence-electron chi connectivity index (χ2n) is 6.30. The number of hydrogen-bond donors (Lipinski definition) is 0. The van der Waals surface area contributed by atoms with Crippen LogP contribution >= 0.6 is 0 Å². The Morgan fingerprint density at radius 3 is 1.19 bits per heavy atom. The highest BCUT2D eigenvalue weighted by Crippen LogP contribution is 2.22. The zero-order valence-corrected chi connectivity index (χ0v) is 16.2. The third-order valence-corrected chi connectivity index (χ3v) is 12.4. The molecule has 0 unspecified atom stereocenters. The minimum absolute atomic E-state index is 0.778. The van der Waals surface area contributed by atoms with Crippen LogP contribution < -0.4 is 0 Å². The van der Waals surface area contributed by atoms with Gasteiger partial charge >= 0.3 is 8.80 Å². The first-order chi connectivity index (χ1) is 6.83. The van der Waals surface area contributed by atoms with Gasteiger partial charge in [0.1, 0.15) is 0 Å². The standard InChI is InChI=1S/C9H27O3Si4/c1-13(2)10-16(9,11-14(3,4)5)12-15(6,7)8/h1-9H3. The molecule has 16 heavy (non-hydrogen) atoms. The molecule has 0 aromatic heterocycles. The van der Waals surface area contributed by atoms with Gasteiger partial charge in [0.15, 0.2) is 25.7 Å². The van der Waals surface area contributed by atoms with Gasteiger partial charge in [-0.25, -0.2) is 0 Å². The van der Waals surface area contributed by atoms with E-state index in [9.17, 15) is 0 Å². The third kappa shape index (κ3) is 8.85. The molecule has 0 aromatic rings. The Balaban J connectivity index is 4.75. The first-order valence-corrected chi connectivity index (χ1v) is 17.2. The van der Waals surface area contributed by atoms with Gasteiger partial charge in [0.05, 0.1) is 0 Å². The average molecular weight is 296 g/mol. The first kappa shape index (κ1) is 16.7. The molecule has 0 saturated carbocycles. The van der Waals surface area contributed by atoms with E-state index in [4.69, 9.17) is 12.3 Å². The van der Waals surface area contributed by atoms with Crippen molar-refractivity contribution in [1.82, 2.24) is 0 Å². The molecule has 0 aliphatic heterocycles.